The van der Waals surface area contributed by atoms with Crippen molar-refractivity contribution in [3.05, 3.63) is 71.1 Å². The summed E-state index contributed by atoms with van der Waals surface area (Å²) in [5, 5.41) is 0. The van der Waals surface area contributed by atoms with Crippen molar-refractivity contribution >= 4 is 0 Å². The second-order valence-electron chi connectivity index (χ2n) is 3.95. The van der Waals surface area contributed by atoms with Crippen LogP contribution in [0.5, 0.6) is 0 Å². The summed E-state index contributed by atoms with van der Waals surface area (Å²) in [5.74, 6) is 0. The fraction of sp³-hybridized carbons (Fsp3) is 0.143. The molecule has 2 heteroatoms. The lowest BCUT2D eigenvalue weighted by Gasteiger charge is -2.15. The molecule has 2 aliphatic rings. The number of hydrogen-bond acceptors (Lipinski definition) is 2. The molecule has 0 saturated carbocycles. The molecular formula is C14H16N2. The first-order valence-corrected chi connectivity index (χ1v) is 5.39. The van der Waals surface area contributed by atoms with Gasteiger partial charge in [0.05, 0.1) is 11.4 Å². The van der Waals surface area contributed by atoms with Crippen molar-refractivity contribution in [2.24, 2.45) is 11.5 Å². The molecular weight excluding hydrogens is 196 g/mol. The number of allylic oxidation sites excluding steroid dienone is 7. The Morgan fingerprint density at radius 3 is 2.56 bits per heavy atom. The summed E-state index contributed by atoms with van der Waals surface area (Å²) in [6.45, 7) is 3.90. The summed E-state index contributed by atoms with van der Waals surface area (Å²) < 4.78 is 0. The smallest absolute Gasteiger partial charge is 0.0630 e. The zero-order valence-corrected chi connectivity index (χ0v) is 9.24. The van der Waals surface area contributed by atoms with Crippen LogP contribution >= 0.6 is 0 Å². The molecule has 0 radical (unpaired) electrons. The Hall–Kier alpha value is -1.96. The molecule has 4 N–H and O–H groups in total. The molecule has 0 aromatic carbocycles. The first-order chi connectivity index (χ1) is 7.70. The fourth-order valence-electron chi connectivity index (χ4n) is 1.87. The van der Waals surface area contributed by atoms with Crippen LogP contribution in [0.2, 0.25) is 0 Å². The van der Waals surface area contributed by atoms with Crippen LogP contribution in [0.25, 0.3) is 0 Å². The second-order valence-corrected chi connectivity index (χ2v) is 3.95. The Morgan fingerprint density at radius 1 is 1.00 bits per heavy atom. The van der Waals surface area contributed by atoms with Crippen LogP contribution in [0, 0.1) is 0 Å². The maximum absolute atomic E-state index is 6.08. The third-order valence-electron chi connectivity index (χ3n) is 2.84. The summed E-state index contributed by atoms with van der Waals surface area (Å²) in [6.07, 6.45) is 14.2. The highest BCUT2D eigenvalue weighted by Crippen LogP contribution is 2.26. The summed E-state index contributed by atoms with van der Waals surface area (Å²) in [6, 6.07) is 0. The van der Waals surface area contributed by atoms with Gasteiger partial charge >= 0.3 is 0 Å². The van der Waals surface area contributed by atoms with Gasteiger partial charge in [-0.3, -0.25) is 0 Å². The van der Waals surface area contributed by atoms with E-state index in [2.05, 4.69) is 18.7 Å². The average Bonchev–Trinajstić information content (AvgIpc) is 2.36. The van der Waals surface area contributed by atoms with Crippen molar-refractivity contribution in [3.63, 3.8) is 0 Å². The summed E-state index contributed by atoms with van der Waals surface area (Å²) in [7, 11) is 0. The molecule has 2 aliphatic carbocycles. The van der Waals surface area contributed by atoms with E-state index in [1.54, 1.807) is 0 Å². The second kappa shape index (κ2) is 4.27. The highest BCUT2D eigenvalue weighted by Gasteiger charge is 2.12. The maximum atomic E-state index is 6.08. The zero-order valence-electron chi connectivity index (χ0n) is 9.24. The summed E-state index contributed by atoms with van der Waals surface area (Å²) >= 11 is 0. The SMILES string of the molecule is C=C1/C=C\C=C/C2=C(C=CCC2)C(/N)=C\1N. The fourth-order valence-corrected chi connectivity index (χ4v) is 1.87. The highest BCUT2D eigenvalue weighted by molar-refractivity contribution is 5.55. The van der Waals surface area contributed by atoms with Crippen LogP contribution in [0.4, 0.5) is 0 Å². The van der Waals surface area contributed by atoms with E-state index in [4.69, 9.17) is 11.5 Å². The first-order valence-electron chi connectivity index (χ1n) is 5.39. The van der Waals surface area contributed by atoms with Crippen molar-refractivity contribution in [2.75, 3.05) is 0 Å². The summed E-state index contributed by atoms with van der Waals surface area (Å²) in [5.41, 5.74) is 16.3. The topological polar surface area (TPSA) is 52.0 Å². The predicted molar refractivity (Wildman–Crippen MR) is 68.2 cm³/mol. The van der Waals surface area contributed by atoms with Crippen LogP contribution in [0.1, 0.15) is 12.8 Å². The van der Waals surface area contributed by atoms with Crippen LogP contribution < -0.4 is 11.5 Å². The van der Waals surface area contributed by atoms with Crippen LogP contribution in [-0.4, -0.2) is 0 Å². The Labute approximate surface area is 96.0 Å². The molecule has 0 aliphatic heterocycles. The molecule has 0 fully saturated rings. The van der Waals surface area contributed by atoms with E-state index in [1.165, 1.54) is 5.57 Å². The maximum Gasteiger partial charge on any atom is 0.0630 e. The van der Waals surface area contributed by atoms with Gasteiger partial charge in [-0.25, -0.2) is 0 Å². The molecule has 0 bridgehead atoms. The normalized spacial score (nSPS) is 29.1. The Bertz CT molecular complexity index is 471. The van der Waals surface area contributed by atoms with Gasteiger partial charge in [-0.2, -0.15) is 0 Å². The van der Waals surface area contributed by atoms with Gasteiger partial charge in [-0.15, -0.1) is 0 Å². The number of hydrogen-bond donors (Lipinski definition) is 2. The third kappa shape index (κ3) is 1.87. The molecule has 0 unspecified atom stereocenters. The number of nitrogens with two attached hydrogens (primary N) is 2. The van der Waals surface area contributed by atoms with E-state index in [0.717, 1.165) is 24.0 Å². The van der Waals surface area contributed by atoms with Gasteiger partial charge in [0.2, 0.25) is 0 Å². The van der Waals surface area contributed by atoms with Gasteiger partial charge in [-0.05, 0) is 24.0 Å². The molecule has 0 heterocycles. The van der Waals surface area contributed by atoms with Gasteiger partial charge in [0.25, 0.3) is 0 Å². The molecule has 0 atom stereocenters. The monoisotopic (exact) mass is 212 g/mol. The quantitative estimate of drug-likeness (QED) is 0.648. The number of rotatable bonds is 0. The van der Waals surface area contributed by atoms with Crippen LogP contribution in [-0.2, 0) is 0 Å². The van der Waals surface area contributed by atoms with Gasteiger partial charge in [0.15, 0.2) is 0 Å². The molecule has 82 valence electrons. The van der Waals surface area contributed by atoms with Crippen molar-refractivity contribution in [1.82, 2.24) is 0 Å². The van der Waals surface area contributed by atoms with Crippen LogP contribution in [0.15, 0.2) is 71.1 Å². The van der Waals surface area contributed by atoms with E-state index in [9.17, 15) is 0 Å². The molecule has 0 saturated heterocycles. The molecule has 0 aromatic heterocycles. The molecule has 2 rings (SSSR count). The van der Waals surface area contributed by atoms with E-state index < -0.39 is 0 Å². The molecule has 0 aromatic rings. The molecule has 0 spiro atoms. The van der Waals surface area contributed by atoms with Crippen molar-refractivity contribution in [2.45, 2.75) is 12.8 Å². The van der Waals surface area contributed by atoms with E-state index >= 15 is 0 Å². The van der Waals surface area contributed by atoms with E-state index in [0.29, 0.717) is 11.4 Å². The minimum atomic E-state index is 0.569. The van der Waals surface area contributed by atoms with Gasteiger partial charge < -0.3 is 11.5 Å². The lowest BCUT2D eigenvalue weighted by molar-refractivity contribution is 0.966. The molecule has 2 nitrogen and oxygen atoms in total. The predicted octanol–water partition coefficient (Wildman–Crippen LogP) is 2.44. The third-order valence-corrected chi connectivity index (χ3v) is 2.84. The molecule has 0 amide bonds. The van der Waals surface area contributed by atoms with Crippen molar-refractivity contribution in [1.29, 1.82) is 0 Å². The highest BCUT2D eigenvalue weighted by atomic mass is 14.7. The van der Waals surface area contributed by atoms with E-state index in [-0.39, 0.29) is 0 Å². The Kier molecular flexibility index (Phi) is 2.82. The minimum Gasteiger partial charge on any atom is -0.397 e. The summed E-state index contributed by atoms with van der Waals surface area (Å²) in [4.78, 5) is 0. The lowest BCUT2D eigenvalue weighted by atomic mass is 9.94. The van der Waals surface area contributed by atoms with Gasteiger partial charge in [0, 0.05) is 5.57 Å². The Balaban J connectivity index is 2.60. The van der Waals surface area contributed by atoms with Crippen molar-refractivity contribution in [3.8, 4) is 0 Å². The van der Waals surface area contributed by atoms with Crippen LogP contribution in [0.3, 0.4) is 0 Å². The zero-order chi connectivity index (χ0) is 11.5. The largest absolute Gasteiger partial charge is 0.397 e. The lowest BCUT2D eigenvalue weighted by Crippen LogP contribution is -2.14. The van der Waals surface area contributed by atoms with Gasteiger partial charge in [0.1, 0.15) is 0 Å². The Morgan fingerprint density at radius 2 is 1.75 bits per heavy atom. The minimum absolute atomic E-state index is 0.569. The standard InChI is InChI=1S/C14H16N2/c1-10-6-2-3-7-11-8-4-5-9-12(11)14(16)13(10)15/h2-3,5-7,9H,1,4,8,15-16H2/b6-2-,7-3-,14-13-. The molecule has 16 heavy (non-hydrogen) atoms. The first kappa shape index (κ1) is 10.6. The van der Waals surface area contributed by atoms with E-state index in [1.807, 2.05) is 24.3 Å². The van der Waals surface area contributed by atoms with Gasteiger partial charge in [-0.1, -0.05) is 43.0 Å². The average molecular weight is 212 g/mol. The van der Waals surface area contributed by atoms with Crippen molar-refractivity contribution < 1.29 is 0 Å².